The van der Waals surface area contributed by atoms with Crippen molar-refractivity contribution in [3.63, 3.8) is 0 Å². The molecule has 0 saturated carbocycles. The molecule has 2 heterocycles. The van der Waals surface area contributed by atoms with Gasteiger partial charge in [0.2, 0.25) is 5.82 Å². The lowest BCUT2D eigenvalue weighted by Crippen LogP contribution is -2.45. The molecule has 134 valence electrons. The van der Waals surface area contributed by atoms with Crippen molar-refractivity contribution in [2.75, 3.05) is 25.0 Å². The van der Waals surface area contributed by atoms with Gasteiger partial charge in [0.1, 0.15) is 0 Å². The van der Waals surface area contributed by atoms with Crippen molar-refractivity contribution < 1.29 is 26.5 Å². The van der Waals surface area contributed by atoms with Crippen LogP contribution in [0.4, 0.5) is 24.7 Å². The first-order valence-corrected chi connectivity index (χ1v) is 8.46. The van der Waals surface area contributed by atoms with Gasteiger partial charge in [0, 0.05) is 31.9 Å². The fraction of sp³-hybridized carbons (Fsp3) is 0.583. The summed E-state index contributed by atoms with van der Waals surface area (Å²) < 4.78 is 60.5. The van der Waals surface area contributed by atoms with Crippen molar-refractivity contribution >= 4 is 21.5 Å². The Morgan fingerprint density at radius 2 is 2.00 bits per heavy atom. The lowest BCUT2D eigenvalue weighted by atomic mass is 9.98. The number of hydrogen-bond donors (Lipinski definition) is 1. The average molecular weight is 368 g/mol. The van der Waals surface area contributed by atoms with Crippen molar-refractivity contribution in [2.24, 2.45) is 5.92 Å². The highest BCUT2D eigenvalue weighted by Gasteiger charge is 2.50. The fourth-order valence-electron chi connectivity index (χ4n) is 2.42. The number of nitrogens with zero attached hydrogens (tertiary/aromatic N) is 3. The highest BCUT2D eigenvalue weighted by atomic mass is 32.2. The summed E-state index contributed by atoms with van der Waals surface area (Å²) in [5.41, 5.74) is -5.50. The molecule has 8 nitrogen and oxygen atoms in total. The second kappa shape index (κ2) is 6.89. The number of piperidine rings is 1. The van der Waals surface area contributed by atoms with Crippen LogP contribution in [0.1, 0.15) is 12.8 Å². The highest BCUT2D eigenvalue weighted by molar-refractivity contribution is 7.90. The van der Waals surface area contributed by atoms with Crippen LogP contribution in [0.5, 0.6) is 0 Å². The maximum atomic E-state index is 12.5. The van der Waals surface area contributed by atoms with Gasteiger partial charge in [-0.05, 0) is 24.8 Å². The Labute approximate surface area is 135 Å². The van der Waals surface area contributed by atoms with Gasteiger partial charge in [-0.3, -0.25) is 10.1 Å². The van der Waals surface area contributed by atoms with Gasteiger partial charge < -0.3 is 5.32 Å². The van der Waals surface area contributed by atoms with Crippen LogP contribution in [0.2, 0.25) is 0 Å². The van der Waals surface area contributed by atoms with E-state index in [9.17, 15) is 31.7 Å². The Bertz CT molecular complexity index is 702. The molecule has 12 heteroatoms. The predicted molar refractivity (Wildman–Crippen MR) is 78.7 cm³/mol. The van der Waals surface area contributed by atoms with Gasteiger partial charge in [-0.15, -0.1) is 0 Å². The van der Waals surface area contributed by atoms with Gasteiger partial charge in [-0.2, -0.15) is 17.5 Å². The number of halogens is 3. The van der Waals surface area contributed by atoms with Crippen LogP contribution in [0.15, 0.2) is 18.3 Å². The second-order valence-electron chi connectivity index (χ2n) is 5.30. The number of hydrogen-bond acceptors (Lipinski definition) is 6. The van der Waals surface area contributed by atoms with Crippen LogP contribution in [0.3, 0.4) is 0 Å². The molecular formula is C12H15F3N4O4S. The molecule has 1 saturated heterocycles. The third kappa shape index (κ3) is 3.93. The first kappa shape index (κ1) is 18.4. The molecule has 0 radical (unpaired) electrons. The summed E-state index contributed by atoms with van der Waals surface area (Å²) in [7, 11) is -5.30. The molecule has 0 amide bonds. The summed E-state index contributed by atoms with van der Waals surface area (Å²) in [6, 6.07) is 2.71. The first-order chi connectivity index (χ1) is 11.1. The van der Waals surface area contributed by atoms with E-state index in [1.165, 1.54) is 18.3 Å². The Kier molecular flexibility index (Phi) is 5.28. The quantitative estimate of drug-likeness (QED) is 0.629. The molecule has 0 aromatic carbocycles. The zero-order valence-corrected chi connectivity index (χ0v) is 13.2. The number of nitrogens with one attached hydrogen (secondary N) is 1. The summed E-state index contributed by atoms with van der Waals surface area (Å²) in [4.78, 5) is 14.1. The van der Waals surface area contributed by atoms with Crippen LogP contribution < -0.4 is 5.32 Å². The normalized spacial score (nSPS) is 17.6. The standard InChI is InChI=1S/C12H15F3N4O4S/c13-12(14,15)24(22,23)18-6-3-9(4-7-18)8-17-11-10(19(20)21)2-1-5-16-11/h1-2,5,9H,3-4,6-8H2,(H,16,17). The molecule has 24 heavy (non-hydrogen) atoms. The van der Waals surface area contributed by atoms with E-state index in [4.69, 9.17) is 0 Å². The molecule has 1 aliphatic rings. The van der Waals surface area contributed by atoms with Gasteiger partial charge in [0.25, 0.3) is 0 Å². The Balaban J connectivity index is 1.92. The molecule has 0 atom stereocenters. The number of aromatic nitrogens is 1. The number of nitro groups is 1. The molecule has 0 unspecified atom stereocenters. The van der Waals surface area contributed by atoms with E-state index < -0.39 is 20.5 Å². The monoisotopic (exact) mass is 368 g/mol. The maximum absolute atomic E-state index is 12.5. The van der Waals surface area contributed by atoms with Crippen LogP contribution in [0.25, 0.3) is 0 Å². The maximum Gasteiger partial charge on any atom is 0.511 e. The van der Waals surface area contributed by atoms with E-state index in [2.05, 4.69) is 10.3 Å². The third-order valence-corrected chi connectivity index (χ3v) is 5.38. The number of anilines is 1. The van der Waals surface area contributed by atoms with Crippen LogP contribution in [-0.4, -0.2) is 47.8 Å². The smallest absolute Gasteiger partial charge is 0.364 e. The molecular weight excluding hydrogens is 353 g/mol. The lowest BCUT2D eigenvalue weighted by molar-refractivity contribution is -0.384. The summed E-state index contributed by atoms with van der Waals surface area (Å²) in [5.74, 6) is -0.0286. The molecule has 1 aliphatic heterocycles. The number of sulfonamides is 1. The molecule has 2 rings (SSSR count). The van der Waals surface area contributed by atoms with Gasteiger partial charge in [-0.1, -0.05) is 0 Å². The van der Waals surface area contributed by atoms with Crippen molar-refractivity contribution in [2.45, 2.75) is 18.3 Å². The fourth-order valence-corrected chi connectivity index (χ4v) is 3.41. The SMILES string of the molecule is O=[N+]([O-])c1cccnc1NCC1CCN(S(=O)(=O)C(F)(F)F)CC1. The Hall–Kier alpha value is -1.95. The molecule has 0 aliphatic carbocycles. The minimum Gasteiger partial charge on any atom is -0.364 e. The van der Waals surface area contributed by atoms with E-state index >= 15 is 0 Å². The minimum absolute atomic E-state index is 0.0767. The summed E-state index contributed by atoms with van der Waals surface area (Å²) in [6.07, 6.45) is 1.83. The van der Waals surface area contributed by atoms with Crippen molar-refractivity contribution in [3.05, 3.63) is 28.4 Å². The molecule has 0 spiro atoms. The molecule has 1 fully saturated rings. The van der Waals surface area contributed by atoms with E-state index in [-0.39, 0.29) is 49.9 Å². The molecule has 1 N–H and O–H groups in total. The van der Waals surface area contributed by atoms with Gasteiger partial charge in [0.05, 0.1) is 4.92 Å². The van der Waals surface area contributed by atoms with E-state index in [0.29, 0.717) is 4.31 Å². The van der Waals surface area contributed by atoms with Gasteiger partial charge >= 0.3 is 21.2 Å². The van der Waals surface area contributed by atoms with Crippen molar-refractivity contribution in [1.82, 2.24) is 9.29 Å². The van der Waals surface area contributed by atoms with Crippen molar-refractivity contribution in [1.29, 1.82) is 0 Å². The van der Waals surface area contributed by atoms with E-state index in [0.717, 1.165) is 0 Å². The number of alkyl halides is 3. The highest BCUT2D eigenvalue weighted by Crippen LogP contribution is 2.30. The summed E-state index contributed by atoms with van der Waals surface area (Å²) in [5, 5.41) is 13.7. The lowest BCUT2D eigenvalue weighted by Gasteiger charge is -2.31. The molecule has 1 aromatic heterocycles. The predicted octanol–water partition coefficient (Wildman–Crippen LogP) is 1.96. The number of pyridine rings is 1. The Morgan fingerprint density at radius 3 is 2.54 bits per heavy atom. The van der Waals surface area contributed by atoms with Crippen LogP contribution in [0, 0.1) is 16.0 Å². The largest absolute Gasteiger partial charge is 0.511 e. The summed E-state index contributed by atoms with van der Waals surface area (Å²) >= 11 is 0. The van der Waals surface area contributed by atoms with E-state index in [1.54, 1.807) is 0 Å². The topological polar surface area (TPSA) is 105 Å². The van der Waals surface area contributed by atoms with E-state index in [1.807, 2.05) is 0 Å². The minimum atomic E-state index is -5.30. The van der Waals surface area contributed by atoms with Gasteiger partial charge in [0.15, 0.2) is 0 Å². The van der Waals surface area contributed by atoms with Crippen molar-refractivity contribution in [3.8, 4) is 0 Å². The first-order valence-electron chi connectivity index (χ1n) is 7.02. The zero-order chi connectivity index (χ0) is 18.0. The second-order valence-corrected chi connectivity index (χ2v) is 7.23. The number of rotatable bonds is 5. The van der Waals surface area contributed by atoms with Crippen LogP contribution in [-0.2, 0) is 10.0 Å². The summed E-state index contributed by atoms with van der Waals surface area (Å²) in [6.45, 7) is -0.214. The third-order valence-electron chi connectivity index (χ3n) is 3.75. The zero-order valence-electron chi connectivity index (χ0n) is 12.4. The van der Waals surface area contributed by atoms with Gasteiger partial charge in [-0.25, -0.2) is 13.4 Å². The van der Waals surface area contributed by atoms with Crippen LogP contribution >= 0.6 is 0 Å². The molecule has 0 bridgehead atoms. The average Bonchev–Trinajstić information content (AvgIpc) is 2.52. The Morgan fingerprint density at radius 1 is 1.38 bits per heavy atom. The molecule has 1 aromatic rings.